The number of H-pyrrole nitrogens is 1. The SMILES string of the molecule is CC1(C)N=C(c2cnc3ccccc3n2)c2c[nH]cc2C1(C)C. The normalized spacial score (nSPS) is 18.5. The minimum absolute atomic E-state index is 0.0455. The van der Waals surface area contributed by atoms with Gasteiger partial charge in [-0.15, -0.1) is 0 Å². The van der Waals surface area contributed by atoms with Crippen LogP contribution in [0.5, 0.6) is 0 Å². The second-order valence-electron chi connectivity index (χ2n) is 7.17. The van der Waals surface area contributed by atoms with Crippen LogP contribution in [0.1, 0.15) is 44.5 Å². The summed E-state index contributed by atoms with van der Waals surface area (Å²) in [5.41, 5.74) is 5.69. The molecule has 3 aromatic rings. The lowest BCUT2D eigenvalue weighted by Gasteiger charge is -2.42. The molecule has 0 bridgehead atoms. The zero-order valence-electron chi connectivity index (χ0n) is 13.9. The molecule has 0 aliphatic carbocycles. The number of aliphatic imine (C=N–C) groups is 1. The zero-order chi connectivity index (χ0) is 16.2. The number of aromatic nitrogens is 3. The monoisotopic (exact) mass is 304 g/mol. The van der Waals surface area contributed by atoms with Gasteiger partial charge in [-0.25, -0.2) is 4.98 Å². The van der Waals surface area contributed by atoms with E-state index in [-0.39, 0.29) is 11.0 Å². The second kappa shape index (κ2) is 4.51. The quantitative estimate of drug-likeness (QED) is 0.742. The number of fused-ring (bicyclic) bond motifs is 2. The van der Waals surface area contributed by atoms with Gasteiger partial charge in [0.15, 0.2) is 0 Å². The first-order valence-electron chi connectivity index (χ1n) is 7.90. The molecule has 0 saturated heterocycles. The van der Waals surface area contributed by atoms with Gasteiger partial charge in [-0.2, -0.15) is 0 Å². The van der Waals surface area contributed by atoms with Crippen LogP contribution in [-0.4, -0.2) is 26.2 Å². The number of benzene rings is 1. The molecule has 0 atom stereocenters. The number of rotatable bonds is 1. The van der Waals surface area contributed by atoms with Crippen LogP contribution in [0.15, 0.2) is 47.8 Å². The molecule has 0 spiro atoms. The van der Waals surface area contributed by atoms with E-state index in [9.17, 15) is 0 Å². The lowest BCUT2D eigenvalue weighted by atomic mass is 9.67. The molecule has 4 rings (SSSR count). The van der Waals surface area contributed by atoms with E-state index >= 15 is 0 Å². The highest BCUT2D eigenvalue weighted by Crippen LogP contribution is 2.43. The standard InChI is InChI=1S/C19H20N4/c1-18(2)13-10-20-9-12(13)17(23-19(18,3)4)16-11-21-14-7-5-6-8-15(14)22-16/h5-11,20H,1-4H3. The summed E-state index contributed by atoms with van der Waals surface area (Å²) < 4.78 is 0. The molecular weight excluding hydrogens is 284 g/mol. The van der Waals surface area contributed by atoms with Gasteiger partial charge in [-0.1, -0.05) is 26.0 Å². The van der Waals surface area contributed by atoms with E-state index in [1.807, 2.05) is 36.7 Å². The second-order valence-corrected chi connectivity index (χ2v) is 7.17. The molecule has 0 radical (unpaired) electrons. The fourth-order valence-electron chi connectivity index (χ4n) is 3.15. The molecule has 1 aromatic carbocycles. The Morgan fingerprint density at radius 3 is 2.48 bits per heavy atom. The van der Waals surface area contributed by atoms with Crippen LogP contribution in [0.3, 0.4) is 0 Å². The fraction of sp³-hybridized carbons (Fsp3) is 0.316. The van der Waals surface area contributed by atoms with Crippen molar-refractivity contribution in [1.29, 1.82) is 0 Å². The van der Waals surface area contributed by atoms with Crippen molar-refractivity contribution in [3.8, 4) is 0 Å². The maximum atomic E-state index is 5.05. The Kier molecular flexibility index (Phi) is 2.77. The molecule has 4 heteroatoms. The molecule has 1 aliphatic rings. The summed E-state index contributed by atoms with van der Waals surface area (Å²) in [5.74, 6) is 0. The molecule has 4 nitrogen and oxygen atoms in total. The summed E-state index contributed by atoms with van der Waals surface area (Å²) >= 11 is 0. The van der Waals surface area contributed by atoms with Gasteiger partial charge in [0.1, 0.15) is 5.69 Å². The number of hydrogen-bond acceptors (Lipinski definition) is 3. The van der Waals surface area contributed by atoms with Crippen molar-refractivity contribution in [3.63, 3.8) is 0 Å². The van der Waals surface area contributed by atoms with Crippen LogP contribution in [0.2, 0.25) is 0 Å². The highest BCUT2D eigenvalue weighted by molar-refractivity contribution is 6.14. The summed E-state index contributed by atoms with van der Waals surface area (Å²) in [4.78, 5) is 17.6. The van der Waals surface area contributed by atoms with Gasteiger partial charge < -0.3 is 4.98 Å². The summed E-state index contributed by atoms with van der Waals surface area (Å²) in [7, 11) is 0. The first-order valence-corrected chi connectivity index (χ1v) is 7.90. The van der Waals surface area contributed by atoms with Gasteiger partial charge in [-0.3, -0.25) is 9.98 Å². The van der Waals surface area contributed by atoms with E-state index in [4.69, 9.17) is 9.98 Å². The third kappa shape index (κ3) is 1.94. The van der Waals surface area contributed by atoms with Gasteiger partial charge in [0.05, 0.1) is 28.5 Å². The van der Waals surface area contributed by atoms with Crippen molar-refractivity contribution >= 4 is 16.7 Å². The predicted octanol–water partition coefficient (Wildman–Crippen LogP) is 3.87. The van der Waals surface area contributed by atoms with Crippen LogP contribution in [-0.2, 0) is 5.41 Å². The molecule has 0 amide bonds. The molecule has 23 heavy (non-hydrogen) atoms. The molecule has 2 aromatic heterocycles. The maximum Gasteiger partial charge on any atom is 0.108 e. The molecule has 0 saturated carbocycles. The topological polar surface area (TPSA) is 53.9 Å². The van der Waals surface area contributed by atoms with Crippen molar-refractivity contribution in [2.45, 2.75) is 38.6 Å². The minimum atomic E-state index is -0.217. The Morgan fingerprint density at radius 1 is 0.957 bits per heavy atom. The van der Waals surface area contributed by atoms with E-state index < -0.39 is 0 Å². The minimum Gasteiger partial charge on any atom is -0.367 e. The number of para-hydroxylation sites is 2. The highest BCUT2D eigenvalue weighted by atomic mass is 14.9. The molecule has 1 N–H and O–H groups in total. The van der Waals surface area contributed by atoms with E-state index in [1.54, 1.807) is 0 Å². The summed E-state index contributed by atoms with van der Waals surface area (Å²) in [5, 5.41) is 0. The average molecular weight is 304 g/mol. The third-order valence-electron chi connectivity index (χ3n) is 5.29. The Morgan fingerprint density at radius 2 is 1.70 bits per heavy atom. The molecule has 3 heterocycles. The largest absolute Gasteiger partial charge is 0.367 e. The van der Waals surface area contributed by atoms with Crippen molar-refractivity contribution in [3.05, 3.63) is 59.7 Å². The number of aromatic amines is 1. The molecule has 116 valence electrons. The highest BCUT2D eigenvalue weighted by Gasteiger charge is 2.44. The van der Waals surface area contributed by atoms with Gasteiger partial charge in [0.2, 0.25) is 0 Å². The molecular formula is C19H20N4. The van der Waals surface area contributed by atoms with Crippen molar-refractivity contribution in [1.82, 2.24) is 15.0 Å². The van der Waals surface area contributed by atoms with Gasteiger partial charge in [0.25, 0.3) is 0 Å². The van der Waals surface area contributed by atoms with E-state index in [0.29, 0.717) is 0 Å². The lowest BCUT2D eigenvalue weighted by molar-refractivity contribution is 0.304. The van der Waals surface area contributed by atoms with E-state index in [2.05, 4.69) is 43.9 Å². The number of hydrogen-bond donors (Lipinski definition) is 1. The van der Waals surface area contributed by atoms with Crippen LogP contribution < -0.4 is 0 Å². The van der Waals surface area contributed by atoms with Gasteiger partial charge in [-0.05, 0) is 31.5 Å². The summed E-state index contributed by atoms with van der Waals surface area (Å²) in [6, 6.07) is 7.93. The third-order valence-corrected chi connectivity index (χ3v) is 5.29. The smallest absolute Gasteiger partial charge is 0.108 e. The number of nitrogens with one attached hydrogen (secondary N) is 1. The zero-order valence-corrected chi connectivity index (χ0v) is 13.9. The van der Waals surface area contributed by atoms with Crippen LogP contribution in [0, 0.1) is 0 Å². The van der Waals surface area contributed by atoms with Crippen molar-refractivity contribution < 1.29 is 0 Å². The molecule has 0 fully saturated rings. The van der Waals surface area contributed by atoms with Crippen molar-refractivity contribution in [2.75, 3.05) is 0 Å². The van der Waals surface area contributed by atoms with Gasteiger partial charge >= 0.3 is 0 Å². The van der Waals surface area contributed by atoms with Crippen LogP contribution in [0.4, 0.5) is 0 Å². The average Bonchev–Trinajstić information content (AvgIpc) is 3.01. The molecule has 0 unspecified atom stereocenters. The maximum absolute atomic E-state index is 5.05. The predicted molar refractivity (Wildman–Crippen MR) is 93.1 cm³/mol. The lowest BCUT2D eigenvalue weighted by Crippen LogP contribution is -2.45. The van der Waals surface area contributed by atoms with Crippen LogP contribution in [0.25, 0.3) is 11.0 Å². The Balaban J connectivity index is 1.95. The van der Waals surface area contributed by atoms with Crippen molar-refractivity contribution in [2.24, 2.45) is 4.99 Å². The Labute approximate surface area is 135 Å². The van der Waals surface area contributed by atoms with E-state index in [0.717, 1.165) is 28.0 Å². The Bertz CT molecular complexity index is 931. The van der Waals surface area contributed by atoms with Crippen LogP contribution >= 0.6 is 0 Å². The van der Waals surface area contributed by atoms with Gasteiger partial charge in [0, 0.05) is 23.4 Å². The first kappa shape index (κ1) is 14.1. The Hall–Kier alpha value is -2.49. The fourth-order valence-corrected chi connectivity index (χ4v) is 3.15. The molecule has 1 aliphatic heterocycles. The van der Waals surface area contributed by atoms with E-state index in [1.165, 1.54) is 5.56 Å². The summed E-state index contributed by atoms with van der Waals surface area (Å²) in [6.07, 6.45) is 5.93. The number of nitrogens with zero attached hydrogens (tertiary/aromatic N) is 3. The first-order chi connectivity index (χ1) is 10.9. The summed E-state index contributed by atoms with van der Waals surface area (Å²) in [6.45, 7) is 8.84.